The Morgan fingerprint density at radius 3 is 2.40 bits per heavy atom. The molecule has 1 rings (SSSR count). The molecule has 1 aromatic carbocycles. The van der Waals surface area contributed by atoms with Crippen molar-refractivity contribution in [1.82, 2.24) is 5.32 Å². The van der Waals surface area contributed by atoms with Crippen LogP contribution in [-0.2, 0) is 4.74 Å². The smallest absolute Gasteiger partial charge is 0.0974 e. The van der Waals surface area contributed by atoms with Gasteiger partial charge in [-0.25, -0.2) is 0 Å². The maximum absolute atomic E-state index is 5.78. The van der Waals surface area contributed by atoms with Gasteiger partial charge in [-0.2, -0.15) is 0 Å². The molecule has 0 aliphatic rings. The van der Waals surface area contributed by atoms with E-state index in [9.17, 15) is 0 Å². The third-order valence-electron chi connectivity index (χ3n) is 2.45. The molecule has 15 heavy (non-hydrogen) atoms. The number of likely N-dealkylation sites (N-methyl/N-ethyl adjacent to an activating group) is 1. The minimum Gasteiger partial charge on any atom is -0.372 e. The van der Waals surface area contributed by atoms with Crippen LogP contribution in [0.25, 0.3) is 0 Å². The highest BCUT2D eigenvalue weighted by Gasteiger charge is 2.17. The van der Waals surface area contributed by atoms with Crippen LogP contribution >= 0.6 is 0 Å². The van der Waals surface area contributed by atoms with Crippen LogP contribution in [0.15, 0.2) is 30.3 Å². The zero-order chi connectivity index (χ0) is 11.1. The van der Waals surface area contributed by atoms with Crippen molar-refractivity contribution < 1.29 is 4.74 Å². The van der Waals surface area contributed by atoms with Crippen LogP contribution in [0.5, 0.6) is 0 Å². The fourth-order valence-corrected chi connectivity index (χ4v) is 1.78. The summed E-state index contributed by atoms with van der Waals surface area (Å²) >= 11 is 0. The number of rotatable bonds is 6. The first-order valence-electron chi connectivity index (χ1n) is 5.69. The van der Waals surface area contributed by atoms with Crippen molar-refractivity contribution in [3.63, 3.8) is 0 Å². The molecule has 0 fully saturated rings. The predicted molar refractivity (Wildman–Crippen MR) is 63.9 cm³/mol. The standard InChI is InChI=1S/C13H21NO/c1-4-14-11(3)13(15-5-2)12-9-7-6-8-10-12/h6-11,13-14H,4-5H2,1-3H3. The molecule has 2 nitrogen and oxygen atoms in total. The quantitative estimate of drug-likeness (QED) is 0.774. The van der Waals surface area contributed by atoms with E-state index in [2.05, 4.69) is 43.4 Å². The zero-order valence-corrected chi connectivity index (χ0v) is 9.86. The summed E-state index contributed by atoms with van der Waals surface area (Å²) in [5.41, 5.74) is 1.24. The minimum atomic E-state index is 0.149. The highest BCUT2D eigenvalue weighted by atomic mass is 16.5. The van der Waals surface area contributed by atoms with Crippen molar-refractivity contribution in [2.24, 2.45) is 0 Å². The highest BCUT2D eigenvalue weighted by Crippen LogP contribution is 2.20. The van der Waals surface area contributed by atoms with Gasteiger partial charge >= 0.3 is 0 Å². The second-order valence-electron chi connectivity index (χ2n) is 3.63. The molecule has 1 N–H and O–H groups in total. The third-order valence-corrected chi connectivity index (χ3v) is 2.45. The van der Waals surface area contributed by atoms with E-state index in [1.54, 1.807) is 0 Å². The van der Waals surface area contributed by atoms with E-state index in [-0.39, 0.29) is 6.10 Å². The van der Waals surface area contributed by atoms with Gasteiger partial charge in [-0.05, 0) is 26.0 Å². The lowest BCUT2D eigenvalue weighted by Crippen LogP contribution is -2.33. The number of hydrogen-bond donors (Lipinski definition) is 1. The van der Waals surface area contributed by atoms with Crippen molar-refractivity contribution in [2.75, 3.05) is 13.2 Å². The average Bonchev–Trinajstić information content (AvgIpc) is 2.27. The summed E-state index contributed by atoms with van der Waals surface area (Å²) in [6.45, 7) is 8.03. The SMILES string of the molecule is CCNC(C)C(OCC)c1ccccc1. The fraction of sp³-hybridized carbons (Fsp3) is 0.538. The lowest BCUT2D eigenvalue weighted by molar-refractivity contribution is 0.0384. The molecule has 0 heterocycles. The second-order valence-corrected chi connectivity index (χ2v) is 3.63. The Kier molecular flexibility index (Phi) is 5.37. The van der Waals surface area contributed by atoms with Crippen molar-refractivity contribution >= 4 is 0 Å². The fourth-order valence-electron chi connectivity index (χ4n) is 1.78. The van der Waals surface area contributed by atoms with E-state index in [0.717, 1.165) is 13.2 Å². The molecule has 0 spiro atoms. The van der Waals surface area contributed by atoms with Crippen molar-refractivity contribution in [2.45, 2.75) is 32.9 Å². The second kappa shape index (κ2) is 6.59. The first-order valence-corrected chi connectivity index (χ1v) is 5.69. The molecule has 1 aromatic rings. The maximum atomic E-state index is 5.78. The number of ether oxygens (including phenoxy) is 1. The molecule has 0 amide bonds. The van der Waals surface area contributed by atoms with E-state index in [1.165, 1.54) is 5.56 Å². The Labute approximate surface area is 92.6 Å². The Morgan fingerprint density at radius 2 is 1.87 bits per heavy atom. The summed E-state index contributed by atoms with van der Waals surface area (Å²) in [4.78, 5) is 0. The van der Waals surface area contributed by atoms with Gasteiger partial charge in [-0.15, -0.1) is 0 Å². The minimum absolute atomic E-state index is 0.149. The van der Waals surface area contributed by atoms with Gasteiger partial charge in [-0.1, -0.05) is 37.3 Å². The van der Waals surface area contributed by atoms with Crippen LogP contribution in [0.4, 0.5) is 0 Å². The van der Waals surface area contributed by atoms with Crippen LogP contribution in [0, 0.1) is 0 Å². The van der Waals surface area contributed by atoms with Crippen LogP contribution in [0.1, 0.15) is 32.4 Å². The first-order chi connectivity index (χ1) is 7.29. The lowest BCUT2D eigenvalue weighted by Gasteiger charge is -2.24. The van der Waals surface area contributed by atoms with Gasteiger partial charge in [0.25, 0.3) is 0 Å². The molecule has 0 aromatic heterocycles. The normalized spacial score (nSPS) is 14.9. The summed E-state index contributed by atoms with van der Waals surface area (Å²) in [6.07, 6.45) is 0.149. The summed E-state index contributed by atoms with van der Waals surface area (Å²) < 4.78 is 5.78. The molecule has 0 aliphatic heterocycles. The maximum Gasteiger partial charge on any atom is 0.0974 e. The van der Waals surface area contributed by atoms with Gasteiger partial charge in [0, 0.05) is 12.6 Å². The number of hydrogen-bond acceptors (Lipinski definition) is 2. The lowest BCUT2D eigenvalue weighted by atomic mass is 10.0. The van der Waals surface area contributed by atoms with Crippen molar-refractivity contribution in [1.29, 1.82) is 0 Å². The largest absolute Gasteiger partial charge is 0.372 e. The van der Waals surface area contributed by atoms with Crippen molar-refractivity contribution in [3.8, 4) is 0 Å². The van der Waals surface area contributed by atoms with Crippen LogP contribution in [0.2, 0.25) is 0 Å². The number of nitrogens with one attached hydrogen (secondary N) is 1. The molecule has 0 saturated heterocycles. The van der Waals surface area contributed by atoms with Gasteiger partial charge in [-0.3, -0.25) is 0 Å². The number of benzene rings is 1. The molecule has 0 saturated carbocycles. The Balaban J connectivity index is 2.73. The van der Waals surface area contributed by atoms with Crippen LogP contribution in [0.3, 0.4) is 0 Å². The van der Waals surface area contributed by atoms with Crippen molar-refractivity contribution in [3.05, 3.63) is 35.9 Å². The Bertz CT molecular complexity index is 260. The zero-order valence-electron chi connectivity index (χ0n) is 9.86. The predicted octanol–water partition coefficient (Wildman–Crippen LogP) is 2.76. The molecule has 2 atom stereocenters. The van der Waals surface area contributed by atoms with Crippen LogP contribution in [-0.4, -0.2) is 19.2 Å². The molecular weight excluding hydrogens is 186 g/mol. The third kappa shape index (κ3) is 3.65. The monoisotopic (exact) mass is 207 g/mol. The molecule has 2 unspecified atom stereocenters. The molecule has 0 aliphatic carbocycles. The summed E-state index contributed by atoms with van der Waals surface area (Å²) in [5.74, 6) is 0. The average molecular weight is 207 g/mol. The summed E-state index contributed by atoms with van der Waals surface area (Å²) in [7, 11) is 0. The van der Waals surface area contributed by atoms with E-state index in [4.69, 9.17) is 4.74 Å². The first kappa shape index (κ1) is 12.2. The molecule has 0 bridgehead atoms. The van der Waals surface area contributed by atoms with Crippen LogP contribution < -0.4 is 5.32 Å². The van der Waals surface area contributed by atoms with Gasteiger partial charge in [0.05, 0.1) is 6.10 Å². The van der Waals surface area contributed by atoms with Gasteiger partial charge in [0.1, 0.15) is 0 Å². The molecule has 2 heteroatoms. The van der Waals surface area contributed by atoms with E-state index in [1.807, 2.05) is 13.0 Å². The summed E-state index contributed by atoms with van der Waals surface area (Å²) in [6, 6.07) is 10.7. The van der Waals surface area contributed by atoms with E-state index in [0.29, 0.717) is 6.04 Å². The van der Waals surface area contributed by atoms with E-state index < -0.39 is 0 Å². The highest BCUT2D eigenvalue weighted by molar-refractivity contribution is 5.19. The topological polar surface area (TPSA) is 21.3 Å². The van der Waals surface area contributed by atoms with Gasteiger partial charge in [0.15, 0.2) is 0 Å². The molecule has 84 valence electrons. The Hall–Kier alpha value is -0.860. The summed E-state index contributed by atoms with van der Waals surface area (Å²) in [5, 5.41) is 3.40. The molecular formula is C13H21NO. The van der Waals surface area contributed by atoms with E-state index >= 15 is 0 Å². The Morgan fingerprint density at radius 1 is 1.20 bits per heavy atom. The van der Waals surface area contributed by atoms with Gasteiger partial charge in [0.2, 0.25) is 0 Å². The molecule has 0 radical (unpaired) electrons. The van der Waals surface area contributed by atoms with Gasteiger partial charge < -0.3 is 10.1 Å².